The first-order valence-electron chi connectivity index (χ1n) is 4.43. The Balaban J connectivity index is 2.58. The minimum atomic E-state index is -0.301. The van der Waals surface area contributed by atoms with Crippen LogP contribution in [0, 0.1) is 24.1 Å². The van der Waals surface area contributed by atoms with Gasteiger partial charge in [0, 0.05) is 0 Å². The van der Waals surface area contributed by atoms with Crippen molar-refractivity contribution in [1.29, 1.82) is 5.26 Å². The number of halogens is 1. The van der Waals surface area contributed by atoms with E-state index in [2.05, 4.69) is 0 Å². The summed E-state index contributed by atoms with van der Waals surface area (Å²) in [6.45, 7) is 1.90. The molecule has 0 aromatic heterocycles. The van der Waals surface area contributed by atoms with E-state index >= 15 is 0 Å². The molecule has 0 heterocycles. The second-order valence-electron chi connectivity index (χ2n) is 3.54. The maximum Gasteiger partial charge on any atom is 0.144 e. The minimum absolute atomic E-state index is 0.174. The molecule has 1 aliphatic carbocycles. The van der Waals surface area contributed by atoms with E-state index in [1.165, 1.54) is 0 Å². The second kappa shape index (κ2) is 2.85. The molecule has 2 rings (SSSR count). The van der Waals surface area contributed by atoms with Gasteiger partial charge in [0.2, 0.25) is 0 Å². The lowest BCUT2D eigenvalue weighted by molar-refractivity contribution is 0.605. The van der Waals surface area contributed by atoms with Crippen LogP contribution in [0.25, 0.3) is 0 Å². The average molecular weight is 175 g/mol. The van der Waals surface area contributed by atoms with Gasteiger partial charge in [0.05, 0.1) is 5.56 Å². The van der Waals surface area contributed by atoms with Gasteiger partial charge in [0.15, 0.2) is 0 Å². The van der Waals surface area contributed by atoms with Crippen molar-refractivity contribution < 1.29 is 4.39 Å². The Morgan fingerprint density at radius 3 is 2.69 bits per heavy atom. The van der Waals surface area contributed by atoms with Gasteiger partial charge in [0.1, 0.15) is 11.9 Å². The number of hydrogen-bond donors (Lipinski definition) is 0. The first-order valence-corrected chi connectivity index (χ1v) is 4.43. The number of nitriles is 1. The summed E-state index contributed by atoms with van der Waals surface area (Å²) in [4.78, 5) is 0. The molecule has 13 heavy (non-hydrogen) atoms. The maximum atomic E-state index is 13.6. The highest BCUT2D eigenvalue weighted by atomic mass is 19.1. The van der Waals surface area contributed by atoms with Crippen molar-refractivity contribution in [2.75, 3.05) is 0 Å². The molecular weight excluding hydrogens is 165 g/mol. The van der Waals surface area contributed by atoms with Gasteiger partial charge >= 0.3 is 0 Å². The van der Waals surface area contributed by atoms with Crippen LogP contribution in [0.3, 0.4) is 0 Å². The summed E-state index contributed by atoms with van der Waals surface area (Å²) in [7, 11) is 0. The lowest BCUT2D eigenvalue weighted by atomic mass is 10.0. The van der Waals surface area contributed by atoms with Gasteiger partial charge in [-0.15, -0.1) is 0 Å². The number of aryl methyl sites for hydroxylation is 1. The molecule has 2 heteroatoms. The standard InChI is InChI=1S/C11H10FN/c1-7-2-3-9(6-13)11(12)10(7)8-4-5-8/h2-3,8H,4-5H2,1H3. The second-order valence-corrected chi connectivity index (χ2v) is 3.54. The molecule has 0 radical (unpaired) electrons. The van der Waals surface area contributed by atoms with Gasteiger partial charge in [-0.05, 0) is 42.9 Å². The molecule has 1 nitrogen and oxygen atoms in total. The summed E-state index contributed by atoms with van der Waals surface area (Å²) in [5.74, 6) is 0.0679. The highest BCUT2D eigenvalue weighted by Crippen LogP contribution is 2.43. The molecule has 0 bridgehead atoms. The molecule has 0 atom stereocenters. The lowest BCUT2D eigenvalue weighted by Crippen LogP contribution is -1.95. The molecule has 1 fully saturated rings. The van der Waals surface area contributed by atoms with Crippen LogP contribution in [-0.2, 0) is 0 Å². The Bertz CT molecular complexity index is 386. The number of nitrogens with zero attached hydrogens (tertiary/aromatic N) is 1. The van der Waals surface area contributed by atoms with E-state index in [4.69, 9.17) is 5.26 Å². The smallest absolute Gasteiger partial charge is 0.144 e. The molecule has 1 aliphatic rings. The van der Waals surface area contributed by atoms with Crippen LogP contribution >= 0.6 is 0 Å². The van der Waals surface area contributed by atoms with Crippen molar-refractivity contribution in [3.63, 3.8) is 0 Å². The highest BCUT2D eigenvalue weighted by Gasteiger charge is 2.29. The molecule has 0 unspecified atom stereocenters. The summed E-state index contributed by atoms with van der Waals surface area (Å²) in [6.07, 6.45) is 2.12. The van der Waals surface area contributed by atoms with Crippen LogP contribution < -0.4 is 0 Å². The van der Waals surface area contributed by atoms with Crippen molar-refractivity contribution >= 4 is 0 Å². The molecule has 1 saturated carbocycles. The van der Waals surface area contributed by atoms with Crippen LogP contribution in [0.15, 0.2) is 12.1 Å². The summed E-state index contributed by atoms with van der Waals surface area (Å²) >= 11 is 0. The highest BCUT2D eigenvalue weighted by molar-refractivity contribution is 5.42. The fraction of sp³-hybridized carbons (Fsp3) is 0.364. The molecule has 0 saturated heterocycles. The van der Waals surface area contributed by atoms with E-state index in [1.807, 2.05) is 19.1 Å². The average Bonchev–Trinajstić information content (AvgIpc) is 2.89. The maximum absolute atomic E-state index is 13.6. The van der Waals surface area contributed by atoms with Crippen LogP contribution in [0.4, 0.5) is 4.39 Å². The lowest BCUT2D eigenvalue weighted by Gasteiger charge is -2.06. The third kappa shape index (κ3) is 1.31. The van der Waals surface area contributed by atoms with E-state index in [9.17, 15) is 4.39 Å². The van der Waals surface area contributed by atoms with E-state index in [0.717, 1.165) is 24.0 Å². The van der Waals surface area contributed by atoms with Gasteiger partial charge in [-0.25, -0.2) is 4.39 Å². The third-order valence-electron chi connectivity index (χ3n) is 2.50. The van der Waals surface area contributed by atoms with Gasteiger partial charge < -0.3 is 0 Å². The van der Waals surface area contributed by atoms with Gasteiger partial charge in [-0.2, -0.15) is 5.26 Å². The fourth-order valence-corrected chi connectivity index (χ4v) is 1.65. The van der Waals surface area contributed by atoms with Crippen LogP contribution in [0.2, 0.25) is 0 Å². The van der Waals surface area contributed by atoms with Crippen LogP contribution in [0.1, 0.15) is 35.4 Å². The van der Waals surface area contributed by atoms with E-state index in [1.54, 1.807) is 6.07 Å². The predicted octanol–water partition coefficient (Wildman–Crippen LogP) is 2.88. The van der Waals surface area contributed by atoms with E-state index in [0.29, 0.717) is 5.92 Å². The molecule has 0 amide bonds. The monoisotopic (exact) mass is 175 g/mol. The van der Waals surface area contributed by atoms with Crippen LogP contribution in [-0.4, -0.2) is 0 Å². The Hall–Kier alpha value is -1.36. The molecular formula is C11H10FN. The Morgan fingerprint density at radius 2 is 2.15 bits per heavy atom. The first-order chi connectivity index (χ1) is 6.24. The summed E-state index contributed by atoms with van der Waals surface area (Å²) < 4.78 is 13.6. The quantitative estimate of drug-likeness (QED) is 0.643. The molecule has 66 valence electrons. The zero-order valence-electron chi connectivity index (χ0n) is 7.47. The zero-order valence-corrected chi connectivity index (χ0v) is 7.47. The number of hydrogen-bond acceptors (Lipinski definition) is 1. The van der Waals surface area contributed by atoms with Gasteiger partial charge in [0.25, 0.3) is 0 Å². The van der Waals surface area contributed by atoms with Gasteiger partial charge in [-0.3, -0.25) is 0 Å². The topological polar surface area (TPSA) is 23.8 Å². The SMILES string of the molecule is Cc1ccc(C#N)c(F)c1C1CC1. The molecule has 0 N–H and O–H groups in total. The molecule has 1 aromatic carbocycles. The van der Waals surface area contributed by atoms with Crippen molar-refractivity contribution in [2.24, 2.45) is 0 Å². The largest absolute Gasteiger partial charge is 0.205 e. The van der Waals surface area contributed by atoms with Crippen LogP contribution in [0.5, 0.6) is 0 Å². The van der Waals surface area contributed by atoms with E-state index in [-0.39, 0.29) is 11.4 Å². The third-order valence-corrected chi connectivity index (χ3v) is 2.50. The summed E-state index contributed by atoms with van der Waals surface area (Å²) in [5.41, 5.74) is 1.91. The normalized spacial score (nSPS) is 15.5. The predicted molar refractivity (Wildman–Crippen MR) is 47.8 cm³/mol. The number of benzene rings is 1. The van der Waals surface area contributed by atoms with E-state index < -0.39 is 0 Å². The van der Waals surface area contributed by atoms with Crippen molar-refractivity contribution in [2.45, 2.75) is 25.7 Å². The Labute approximate surface area is 76.8 Å². The zero-order chi connectivity index (χ0) is 9.42. The molecule has 0 spiro atoms. The van der Waals surface area contributed by atoms with Crippen molar-refractivity contribution in [3.05, 3.63) is 34.6 Å². The fourth-order valence-electron chi connectivity index (χ4n) is 1.65. The molecule has 1 aromatic rings. The number of rotatable bonds is 1. The Morgan fingerprint density at radius 1 is 1.46 bits per heavy atom. The van der Waals surface area contributed by atoms with Gasteiger partial charge in [-0.1, -0.05) is 6.07 Å². The van der Waals surface area contributed by atoms with Crippen molar-refractivity contribution in [3.8, 4) is 6.07 Å². The molecule has 0 aliphatic heterocycles. The summed E-state index contributed by atoms with van der Waals surface area (Å²) in [6, 6.07) is 5.25. The minimum Gasteiger partial charge on any atom is -0.205 e. The van der Waals surface area contributed by atoms with Crippen molar-refractivity contribution in [1.82, 2.24) is 0 Å². The first kappa shape index (κ1) is 8.25. The summed E-state index contributed by atoms with van der Waals surface area (Å²) in [5, 5.41) is 8.65. The Kier molecular flexibility index (Phi) is 1.81.